The highest BCUT2D eigenvalue weighted by atomic mass is 16.8. The summed E-state index contributed by atoms with van der Waals surface area (Å²) >= 11 is 0. The summed E-state index contributed by atoms with van der Waals surface area (Å²) in [5, 5.41) is 133. The second-order valence-electron chi connectivity index (χ2n) is 11.1. The first-order chi connectivity index (χ1) is 20.7. The minimum absolute atomic E-state index is 0.814. The van der Waals surface area contributed by atoms with E-state index in [4.69, 9.17) is 33.2 Å². The van der Waals surface area contributed by atoms with E-state index < -0.39 is 143 Å². The van der Waals surface area contributed by atoms with Crippen LogP contribution in [-0.4, -0.2) is 209 Å². The molecular weight excluding hydrogens is 608 g/mol. The van der Waals surface area contributed by atoms with Gasteiger partial charge in [0.2, 0.25) is 0 Å². The third kappa shape index (κ3) is 7.05. The van der Waals surface area contributed by atoms with Gasteiger partial charge in [-0.25, -0.2) is 0 Å². The largest absolute Gasteiger partial charge is 0.394 e. The van der Waals surface area contributed by atoms with Gasteiger partial charge >= 0.3 is 0 Å². The van der Waals surface area contributed by atoms with Gasteiger partial charge in [0.25, 0.3) is 0 Å². The van der Waals surface area contributed by atoms with E-state index in [0.29, 0.717) is 0 Å². The van der Waals surface area contributed by atoms with Crippen molar-refractivity contribution in [2.75, 3.05) is 19.8 Å². The number of ether oxygens (including phenoxy) is 7. The molecule has 44 heavy (non-hydrogen) atoms. The first kappa shape index (κ1) is 36.0. The average Bonchev–Trinajstić information content (AvgIpc) is 3.00. The van der Waals surface area contributed by atoms with E-state index in [1.165, 1.54) is 6.92 Å². The first-order valence-corrected chi connectivity index (χ1v) is 14.0. The summed E-state index contributed by atoms with van der Waals surface area (Å²) in [6.45, 7) is -1.19. The van der Waals surface area contributed by atoms with E-state index >= 15 is 0 Å². The van der Waals surface area contributed by atoms with Crippen molar-refractivity contribution < 1.29 is 99.5 Å². The second kappa shape index (κ2) is 15.0. The minimum atomic E-state index is -1.97. The van der Waals surface area contributed by atoms with Crippen LogP contribution in [-0.2, 0) is 33.2 Å². The Morgan fingerprint density at radius 3 is 1.43 bits per heavy atom. The number of hydrogen-bond donors (Lipinski definition) is 13. The molecule has 4 aliphatic heterocycles. The molecule has 20 heteroatoms. The zero-order valence-corrected chi connectivity index (χ0v) is 23.3. The maximum atomic E-state index is 11.2. The summed E-state index contributed by atoms with van der Waals surface area (Å²) in [6.07, 6.45) is -34.6. The van der Waals surface area contributed by atoms with E-state index in [9.17, 15) is 66.4 Å². The standard InChI is InChI=1S/C24H42O20/c1-5-9(28)12(31)15(34)22(38-5)43-19-17(36)18(8(4-27)39-21(19)37)42-24-20(14(33)11(30)7(3-26)41-24)44-23-16(35)13(32)10(29)6(2-25)40-23/h5-37H,2-4H2,1H3/t5-,6+,7+,8+,9-,10+,11+,12+,13-,14-,15+,16+,17-,18+,19+,20+,21+,22-,23-,24-/m0/s1. The van der Waals surface area contributed by atoms with E-state index in [-0.39, 0.29) is 0 Å². The fourth-order valence-electron chi connectivity index (χ4n) is 5.45. The Labute approximate surface area is 249 Å². The molecule has 0 saturated carbocycles. The normalized spacial score (nSPS) is 53.9. The van der Waals surface area contributed by atoms with Crippen LogP contribution >= 0.6 is 0 Å². The van der Waals surface area contributed by atoms with Crippen molar-refractivity contribution in [2.24, 2.45) is 0 Å². The molecule has 0 aliphatic carbocycles. The van der Waals surface area contributed by atoms with Crippen LogP contribution < -0.4 is 0 Å². The first-order valence-electron chi connectivity index (χ1n) is 14.0. The maximum Gasteiger partial charge on any atom is 0.187 e. The Morgan fingerprint density at radius 2 is 0.864 bits per heavy atom. The van der Waals surface area contributed by atoms with Gasteiger partial charge < -0.3 is 99.5 Å². The van der Waals surface area contributed by atoms with Gasteiger partial charge in [-0.05, 0) is 6.92 Å². The molecule has 0 aromatic carbocycles. The fraction of sp³-hybridized carbons (Fsp3) is 1.00. The molecule has 4 saturated heterocycles. The molecular formula is C24H42O20. The number of aliphatic hydroxyl groups excluding tert-OH is 13. The Morgan fingerprint density at radius 1 is 0.409 bits per heavy atom. The van der Waals surface area contributed by atoms with E-state index in [1.807, 2.05) is 0 Å². The molecule has 0 bridgehead atoms. The monoisotopic (exact) mass is 650 g/mol. The summed E-state index contributed by atoms with van der Waals surface area (Å²) in [7, 11) is 0. The summed E-state index contributed by atoms with van der Waals surface area (Å²) in [5.74, 6) is 0. The summed E-state index contributed by atoms with van der Waals surface area (Å²) in [4.78, 5) is 0. The predicted molar refractivity (Wildman–Crippen MR) is 132 cm³/mol. The van der Waals surface area contributed by atoms with Crippen LogP contribution in [0.4, 0.5) is 0 Å². The molecule has 0 radical (unpaired) electrons. The van der Waals surface area contributed by atoms with E-state index in [2.05, 4.69) is 0 Å². The molecule has 0 amide bonds. The van der Waals surface area contributed by atoms with Gasteiger partial charge in [-0.1, -0.05) is 0 Å². The van der Waals surface area contributed by atoms with Crippen LogP contribution in [0.15, 0.2) is 0 Å². The molecule has 4 aliphatic rings. The Hall–Kier alpha value is -0.800. The van der Waals surface area contributed by atoms with Gasteiger partial charge in [-0.3, -0.25) is 0 Å². The summed E-state index contributed by atoms with van der Waals surface area (Å²) in [5.41, 5.74) is 0. The van der Waals surface area contributed by atoms with Crippen LogP contribution in [0.3, 0.4) is 0 Å². The Kier molecular flexibility index (Phi) is 12.3. The number of rotatable bonds is 9. The van der Waals surface area contributed by atoms with Crippen molar-refractivity contribution in [1.29, 1.82) is 0 Å². The van der Waals surface area contributed by atoms with E-state index in [1.54, 1.807) is 0 Å². The highest BCUT2D eigenvalue weighted by molar-refractivity contribution is 4.97. The Bertz CT molecular complexity index is 900. The molecule has 258 valence electrons. The Balaban J connectivity index is 1.56. The predicted octanol–water partition coefficient (Wildman–Crippen LogP) is -8.72. The third-order valence-electron chi connectivity index (χ3n) is 8.17. The van der Waals surface area contributed by atoms with Crippen molar-refractivity contribution in [2.45, 2.75) is 130 Å². The molecule has 0 aromatic heterocycles. The van der Waals surface area contributed by atoms with Gasteiger partial charge in [0, 0.05) is 0 Å². The molecule has 4 rings (SSSR count). The van der Waals surface area contributed by atoms with Crippen LogP contribution in [0.25, 0.3) is 0 Å². The smallest absolute Gasteiger partial charge is 0.187 e. The van der Waals surface area contributed by atoms with Crippen molar-refractivity contribution in [1.82, 2.24) is 0 Å². The van der Waals surface area contributed by atoms with E-state index in [0.717, 1.165) is 0 Å². The lowest BCUT2D eigenvalue weighted by atomic mass is 9.96. The van der Waals surface area contributed by atoms with Crippen molar-refractivity contribution in [3.63, 3.8) is 0 Å². The van der Waals surface area contributed by atoms with Crippen LogP contribution in [0.2, 0.25) is 0 Å². The topological polar surface area (TPSA) is 328 Å². The lowest BCUT2D eigenvalue weighted by Gasteiger charge is -2.49. The van der Waals surface area contributed by atoms with Crippen LogP contribution in [0, 0.1) is 0 Å². The van der Waals surface area contributed by atoms with Gasteiger partial charge in [0.05, 0.1) is 25.9 Å². The number of aliphatic hydroxyl groups is 13. The molecule has 0 aromatic rings. The SMILES string of the molecule is C[C@@H]1O[C@@H](O[C@@H]2[C@@H](O)[C@H](O[C@@H]3O[C@H](CO)[C@@H](O)[C@H](O)[C@H]3O[C@@H]3O[C@H](CO)[C@@H](O)[C@H](O)[C@H]3O)[C@@H](CO)O[C@H]2O)[C@H](O)[C@H](O)[C@H]1O. The highest BCUT2D eigenvalue weighted by Crippen LogP contribution is 2.34. The quantitative estimate of drug-likeness (QED) is 0.110. The lowest BCUT2D eigenvalue weighted by Crippen LogP contribution is -2.67. The lowest BCUT2D eigenvalue weighted by molar-refractivity contribution is -0.396. The van der Waals surface area contributed by atoms with Crippen molar-refractivity contribution >= 4 is 0 Å². The zero-order chi connectivity index (χ0) is 32.6. The highest BCUT2D eigenvalue weighted by Gasteiger charge is 2.55. The molecule has 4 fully saturated rings. The van der Waals surface area contributed by atoms with Gasteiger partial charge in [0.1, 0.15) is 91.6 Å². The average molecular weight is 651 g/mol. The van der Waals surface area contributed by atoms with Gasteiger partial charge in [-0.15, -0.1) is 0 Å². The maximum absolute atomic E-state index is 11.2. The second-order valence-corrected chi connectivity index (χ2v) is 11.1. The molecule has 20 nitrogen and oxygen atoms in total. The molecule has 0 unspecified atom stereocenters. The van der Waals surface area contributed by atoms with Crippen LogP contribution in [0.5, 0.6) is 0 Å². The third-order valence-corrected chi connectivity index (χ3v) is 8.17. The molecule has 0 spiro atoms. The van der Waals surface area contributed by atoms with Gasteiger partial charge in [-0.2, -0.15) is 0 Å². The summed E-state index contributed by atoms with van der Waals surface area (Å²) in [6, 6.07) is 0. The fourth-order valence-corrected chi connectivity index (χ4v) is 5.45. The summed E-state index contributed by atoms with van der Waals surface area (Å²) < 4.78 is 38.4. The van der Waals surface area contributed by atoms with Gasteiger partial charge in [0.15, 0.2) is 25.2 Å². The number of hydrogen-bond acceptors (Lipinski definition) is 20. The zero-order valence-electron chi connectivity index (χ0n) is 23.3. The molecule has 20 atom stereocenters. The van der Waals surface area contributed by atoms with Crippen molar-refractivity contribution in [3.8, 4) is 0 Å². The van der Waals surface area contributed by atoms with Crippen LogP contribution in [0.1, 0.15) is 6.92 Å². The minimum Gasteiger partial charge on any atom is -0.394 e. The molecule has 4 heterocycles. The molecule has 13 N–H and O–H groups in total. The van der Waals surface area contributed by atoms with Crippen molar-refractivity contribution in [3.05, 3.63) is 0 Å².